The summed E-state index contributed by atoms with van der Waals surface area (Å²) in [5.74, 6) is -2.05. The number of sulfonamides is 1. The molecule has 0 heterocycles. The zero-order chi connectivity index (χ0) is 14.8. The Balaban J connectivity index is 2.38. The predicted molar refractivity (Wildman–Crippen MR) is 68.3 cm³/mol. The Morgan fingerprint density at radius 2 is 1.85 bits per heavy atom. The average molecular weight is 294 g/mol. The first-order valence-electron chi connectivity index (χ1n) is 5.40. The van der Waals surface area contributed by atoms with Crippen LogP contribution >= 0.6 is 0 Å². The summed E-state index contributed by atoms with van der Waals surface area (Å²) in [6, 6.07) is 9.73. The van der Waals surface area contributed by atoms with Crippen molar-refractivity contribution in [3.8, 4) is 6.07 Å². The molecule has 0 bridgehead atoms. The molecule has 20 heavy (non-hydrogen) atoms. The van der Waals surface area contributed by atoms with Crippen LogP contribution in [-0.2, 0) is 10.0 Å². The lowest BCUT2D eigenvalue weighted by Gasteiger charge is -2.09. The number of anilines is 1. The number of nitriles is 1. The first kappa shape index (κ1) is 14.0. The largest absolute Gasteiger partial charge is 0.279 e. The van der Waals surface area contributed by atoms with Gasteiger partial charge >= 0.3 is 0 Å². The molecule has 0 saturated heterocycles. The van der Waals surface area contributed by atoms with Crippen molar-refractivity contribution in [3.05, 3.63) is 59.7 Å². The van der Waals surface area contributed by atoms with E-state index in [2.05, 4.69) is 4.72 Å². The number of halogens is 2. The maximum absolute atomic E-state index is 13.5. The van der Waals surface area contributed by atoms with E-state index >= 15 is 0 Å². The molecule has 2 aromatic carbocycles. The predicted octanol–water partition coefficient (Wildman–Crippen LogP) is 2.64. The van der Waals surface area contributed by atoms with Gasteiger partial charge in [-0.25, -0.2) is 17.2 Å². The number of benzene rings is 2. The van der Waals surface area contributed by atoms with Crippen molar-refractivity contribution in [2.75, 3.05) is 4.72 Å². The normalized spacial score (nSPS) is 10.8. The van der Waals surface area contributed by atoms with Crippen molar-refractivity contribution in [2.24, 2.45) is 0 Å². The molecule has 2 rings (SSSR count). The maximum atomic E-state index is 13.5. The highest BCUT2D eigenvalue weighted by Crippen LogP contribution is 2.20. The van der Waals surface area contributed by atoms with Crippen LogP contribution in [0.4, 0.5) is 14.5 Å². The molecule has 0 aromatic heterocycles. The summed E-state index contributed by atoms with van der Waals surface area (Å²) in [6.45, 7) is 0. The zero-order valence-electron chi connectivity index (χ0n) is 9.97. The quantitative estimate of drug-likeness (QED) is 0.946. The fourth-order valence-electron chi connectivity index (χ4n) is 1.56. The Hall–Kier alpha value is -2.46. The van der Waals surface area contributed by atoms with E-state index in [1.165, 1.54) is 24.3 Å². The van der Waals surface area contributed by atoms with Crippen LogP contribution in [-0.4, -0.2) is 8.42 Å². The van der Waals surface area contributed by atoms with Gasteiger partial charge in [0.25, 0.3) is 10.0 Å². The molecular formula is C13H8F2N2O2S. The third kappa shape index (κ3) is 2.92. The van der Waals surface area contributed by atoms with E-state index in [4.69, 9.17) is 5.26 Å². The fraction of sp³-hybridized carbons (Fsp3) is 0. The molecule has 7 heteroatoms. The number of nitrogens with zero attached hydrogens (tertiary/aromatic N) is 1. The summed E-state index contributed by atoms with van der Waals surface area (Å²) >= 11 is 0. The number of hydrogen-bond acceptors (Lipinski definition) is 3. The van der Waals surface area contributed by atoms with Crippen LogP contribution in [0.25, 0.3) is 0 Å². The van der Waals surface area contributed by atoms with Crippen molar-refractivity contribution in [2.45, 2.75) is 4.90 Å². The minimum absolute atomic E-state index is 0.118. The summed E-state index contributed by atoms with van der Waals surface area (Å²) in [5.41, 5.74) is 0.373. The first-order valence-corrected chi connectivity index (χ1v) is 6.89. The molecule has 0 radical (unpaired) electrons. The van der Waals surface area contributed by atoms with Crippen LogP contribution < -0.4 is 4.72 Å². The van der Waals surface area contributed by atoms with Crippen LogP contribution in [0.3, 0.4) is 0 Å². The number of rotatable bonds is 3. The average Bonchev–Trinajstić information content (AvgIpc) is 2.37. The monoisotopic (exact) mass is 294 g/mol. The topological polar surface area (TPSA) is 70.0 Å². The van der Waals surface area contributed by atoms with Crippen molar-refractivity contribution in [1.29, 1.82) is 5.26 Å². The van der Waals surface area contributed by atoms with Gasteiger partial charge in [0.15, 0.2) is 0 Å². The molecule has 0 amide bonds. The van der Waals surface area contributed by atoms with Crippen LogP contribution in [0.1, 0.15) is 5.56 Å². The van der Waals surface area contributed by atoms with Crippen LogP contribution in [0, 0.1) is 23.0 Å². The summed E-state index contributed by atoms with van der Waals surface area (Å²) in [4.78, 5) is -0.665. The Labute approximate surface area is 114 Å². The third-order valence-electron chi connectivity index (χ3n) is 2.43. The molecule has 0 aliphatic heterocycles. The lowest BCUT2D eigenvalue weighted by molar-refractivity contribution is 0.551. The molecule has 0 atom stereocenters. The summed E-state index contributed by atoms with van der Waals surface area (Å²) < 4.78 is 52.3. The van der Waals surface area contributed by atoms with E-state index in [0.717, 1.165) is 12.1 Å². The lowest BCUT2D eigenvalue weighted by Crippen LogP contribution is -2.14. The van der Waals surface area contributed by atoms with E-state index in [1.54, 1.807) is 0 Å². The van der Waals surface area contributed by atoms with Gasteiger partial charge in [-0.1, -0.05) is 6.07 Å². The van der Waals surface area contributed by atoms with Gasteiger partial charge in [0.05, 0.1) is 17.3 Å². The molecule has 0 spiro atoms. The molecular weight excluding hydrogens is 286 g/mol. The molecule has 0 fully saturated rings. The van der Waals surface area contributed by atoms with Gasteiger partial charge in [0.1, 0.15) is 16.5 Å². The van der Waals surface area contributed by atoms with E-state index < -0.39 is 26.6 Å². The van der Waals surface area contributed by atoms with Crippen molar-refractivity contribution < 1.29 is 17.2 Å². The highest BCUT2D eigenvalue weighted by atomic mass is 32.2. The van der Waals surface area contributed by atoms with Crippen molar-refractivity contribution in [1.82, 2.24) is 0 Å². The molecule has 4 nitrogen and oxygen atoms in total. The summed E-state index contributed by atoms with van der Waals surface area (Å²) in [7, 11) is -4.19. The molecule has 2 aromatic rings. The van der Waals surface area contributed by atoms with Gasteiger partial charge < -0.3 is 0 Å². The van der Waals surface area contributed by atoms with Crippen molar-refractivity contribution in [3.63, 3.8) is 0 Å². The van der Waals surface area contributed by atoms with Gasteiger partial charge in [0.2, 0.25) is 0 Å². The second-order valence-electron chi connectivity index (χ2n) is 3.87. The van der Waals surface area contributed by atoms with E-state index in [9.17, 15) is 17.2 Å². The van der Waals surface area contributed by atoms with Gasteiger partial charge in [-0.05, 0) is 30.3 Å². The SMILES string of the molecule is N#Cc1cccc(NS(=O)(=O)c2ccc(F)cc2F)c1. The van der Waals surface area contributed by atoms with Gasteiger partial charge in [-0.15, -0.1) is 0 Å². The smallest absolute Gasteiger partial charge is 0.264 e. The van der Waals surface area contributed by atoms with Crippen molar-refractivity contribution >= 4 is 15.7 Å². The molecule has 102 valence electrons. The number of hydrogen-bond donors (Lipinski definition) is 1. The second kappa shape index (κ2) is 5.27. The Morgan fingerprint density at radius 3 is 2.50 bits per heavy atom. The minimum Gasteiger partial charge on any atom is -0.279 e. The van der Waals surface area contributed by atoms with Gasteiger partial charge in [0, 0.05) is 6.07 Å². The van der Waals surface area contributed by atoms with E-state index in [1.807, 2.05) is 6.07 Å². The summed E-state index contributed by atoms with van der Waals surface area (Å²) in [6.07, 6.45) is 0. The van der Waals surface area contributed by atoms with E-state index in [-0.39, 0.29) is 11.3 Å². The molecule has 1 N–H and O–H groups in total. The highest BCUT2D eigenvalue weighted by Gasteiger charge is 2.19. The van der Waals surface area contributed by atoms with Gasteiger partial charge in [-0.2, -0.15) is 5.26 Å². The van der Waals surface area contributed by atoms with Crippen LogP contribution in [0.2, 0.25) is 0 Å². The van der Waals surface area contributed by atoms with E-state index in [0.29, 0.717) is 6.07 Å². The van der Waals surface area contributed by atoms with Gasteiger partial charge in [-0.3, -0.25) is 4.72 Å². The Kier molecular flexibility index (Phi) is 3.68. The molecule has 0 aliphatic rings. The zero-order valence-corrected chi connectivity index (χ0v) is 10.8. The molecule has 0 aliphatic carbocycles. The number of nitrogens with one attached hydrogen (secondary N) is 1. The fourth-order valence-corrected chi connectivity index (χ4v) is 2.67. The Morgan fingerprint density at radius 1 is 1.10 bits per heavy atom. The Bertz CT molecular complexity index is 798. The minimum atomic E-state index is -4.19. The first-order chi connectivity index (χ1) is 9.42. The second-order valence-corrected chi connectivity index (χ2v) is 5.52. The highest BCUT2D eigenvalue weighted by molar-refractivity contribution is 7.92. The molecule has 0 unspecified atom stereocenters. The van der Waals surface area contributed by atoms with Crippen LogP contribution in [0.5, 0.6) is 0 Å². The standard InChI is InChI=1S/C13H8F2N2O2S/c14-10-4-5-13(12(15)7-10)20(18,19)17-11-3-1-2-9(6-11)8-16/h1-7,17H. The summed E-state index contributed by atoms with van der Waals surface area (Å²) in [5, 5.41) is 8.72. The molecule has 0 saturated carbocycles. The maximum Gasteiger partial charge on any atom is 0.264 e. The lowest BCUT2D eigenvalue weighted by atomic mass is 10.2. The van der Waals surface area contributed by atoms with Crippen LogP contribution in [0.15, 0.2) is 47.4 Å². The third-order valence-corrected chi connectivity index (χ3v) is 3.84.